The van der Waals surface area contributed by atoms with Crippen molar-refractivity contribution in [2.45, 2.75) is 300 Å². The molecular weight excluding hydrogens is 847 g/mol. The summed E-state index contributed by atoms with van der Waals surface area (Å²) >= 11 is 0. The van der Waals surface area contributed by atoms with Gasteiger partial charge in [0.15, 0.2) is 6.29 Å². The van der Waals surface area contributed by atoms with Crippen LogP contribution in [0.25, 0.3) is 0 Å². The number of rotatable bonds is 47. The van der Waals surface area contributed by atoms with Gasteiger partial charge in [0.05, 0.1) is 25.4 Å². The maximum Gasteiger partial charge on any atom is 0.249 e. The van der Waals surface area contributed by atoms with Crippen LogP contribution in [-0.4, -0.2) is 110 Å². The smallest absolute Gasteiger partial charge is 0.249 e. The average molecular weight is 952 g/mol. The second-order valence-corrected chi connectivity index (χ2v) is 19.6. The van der Waals surface area contributed by atoms with E-state index in [1.807, 2.05) is 6.08 Å². The third kappa shape index (κ3) is 34.3. The van der Waals surface area contributed by atoms with E-state index in [2.05, 4.69) is 49.5 Å². The number of nitrogens with one attached hydrogen (secondary N) is 1. The van der Waals surface area contributed by atoms with Crippen LogP contribution in [0.5, 0.6) is 0 Å². The molecule has 1 aliphatic rings. The Morgan fingerprint density at radius 2 is 0.940 bits per heavy atom. The number of hydrogen-bond donors (Lipinski definition) is 8. The van der Waals surface area contributed by atoms with Gasteiger partial charge < -0.3 is 50.5 Å². The van der Waals surface area contributed by atoms with Crippen LogP contribution in [0.1, 0.15) is 245 Å². The fourth-order valence-corrected chi connectivity index (χ4v) is 8.87. The highest BCUT2D eigenvalue weighted by Gasteiger charge is 2.44. The molecule has 11 nitrogen and oxygen atoms in total. The summed E-state index contributed by atoms with van der Waals surface area (Å²) in [5.74, 6) is -0.711. The van der Waals surface area contributed by atoms with Crippen molar-refractivity contribution in [3.63, 3.8) is 0 Å². The van der Waals surface area contributed by atoms with Crippen LogP contribution in [0, 0.1) is 0 Å². The molecular formula is C56H105NO10. The molecule has 8 N–H and O–H groups in total. The molecule has 1 amide bonds. The number of unbranched alkanes of at least 4 members (excludes halogenated alkanes) is 29. The van der Waals surface area contributed by atoms with E-state index in [1.54, 1.807) is 0 Å². The van der Waals surface area contributed by atoms with Crippen LogP contribution in [0.3, 0.4) is 0 Å². The number of aliphatic hydroxyl groups is 7. The first-order valence-electron chi connectivity index (χ1n) is 27.9. The molecule has 9 atom stereocenters. The number of carbonyl (C=O) groups is 1. The second kappa shape index (κ2) is 45.5. The van der Waals surface area contributed by atoms with Gasteiger partial charge in [0.1, 0.15) is 36.6 Å². The molecule has 0 aromatic carbocycles. The number of amides is 1. The lowest BCUT2D eigenvalue weighted by atomic mass is 9.98. The first-order chi connectivity index (χ1) is 32.7. The van der Waals surface area contributed by atoms with Crippen LogP contribution in [0.4, 0.5) is 0 Å². The summed E-state index contributed by atoms with van der Waals surface area (Å²) in [5.41, 5.74) is 0. The highest BCUT2D eigenvalue weighted by atomic mass is 16.7. The zero-order valence-corrected chi connectivity index (χ0v) is 42.9. The van der Waals surface area contributed by atoms with Crippen LogP contribution in [0.2, 0.25) is 0 Å². The summed E-state index contributed by atoms with van der Waals surface area (Å²) in [6.07, 6.45) is 44.0. The molecule has 394 valence electrons. The second-order valence-electron chi connectivity index (χ2n) is 19.6. The SMILES string of the molecule is CC/C=C/CC/C=C/CCCC(O)C(O)C(COC1OC(CO)C(O)C(O)C1O)NC(=O)C(O)CCCCCCCCCCCCCCCCC/C=C\CCCCCCCCCCCCCC. The van der Waals surface area contributed by atoms with E-state index in [4.69, 9.17) is 9.47 Å². The first kappa shape index (κ1) is 63.3. The number of allylic oxidation sites excluding steroid dienone is 6. The lowest BCUT2D eigenvalue weighted by molar-refractivity contribution is -0.303. The van der Waals surface area contributed by atoms with Crippen molar-refractivity contribution >= 4 is 5.91 Å². The lowest BCUT2D eigenvalue weighted by Crippen LogP contribution is -2.60. The van der Waals surface area contributed by atoms with Gasteiger partial charge in [-0.05, 0) is 70.6 Å². The summed E-state index contributed by atoms with van der Waals surface area (Å²) in [5, 5.41) is 75.6. The van der Waals surface area contributed by atoms with Crippen molar-refractivity contribution in [1.82, 2.24) is 5.32 Å². The van der Waals surface area contributed by atoms with Crippen molar-refractivity contribution in [3.8, 4) is 0 Å². The van der Waals surface area contributed by atoms with Crippen LogP contribution in [-0.2, 0) is 14.3 Å². The molecule has 0 bridgehead atoms. The van der Waals surface area contributed by atoms with Crippen molar-refractivity contribution in [1.29, 1.82) is 0 Å². The predicted octanol–water partition coefficient (Wildman–Crippen LogP) is 11.1. The quantitative estimate of drug-likeness (QED) is 0.0215. The van der Waals surface area contributed by atoms with Crippen molar-refractivity contribution in [2.75, 3.05) is 13.2 Å². The maximum atomic E-state index is 13.1. The maximum absolute atomic E-state index is 13.1. The first-order valence-corrected chi connectivity index (χ1v) is 27.9. The van der Waals surface area contributed by atoms with Crippen molar-refractivity contribution in [3.05, 3.63) is 36.5 Å². The van der Waals surface area contributed by atoms with E-state index >= 15 is 0 Å². The summed E-state index contributed by atoms with van der Waals surface area (Å²) in [7, 11) is 0. The van der Waals surface area contributed by atoms with Gasteiger partial charge >= 0.3 is 0 Å². The fourth-order valence-electron chi connectivity index (χ4n) is 8.87. The molecule has 67 heavy (non-hydrogen) atoms. The molecule has 1 saturated heterocycles. The Morgan fingerprint density at radius 1 is 0.522 bits per heavy atom. The van der Waals surface area contributed by atoms with Gasteiger partial charge in [-0.15, -0.1) is 0 Å². The average Bonchev–Trinajstić information content (AvgIpc) is 3.33. The molecule has 1 heterocycles. The highest BCUT2D eigenvalue weighted by molar-refractivity contribution is 5.80. The van der Waals surface area contributed by atoms with Crippen LogP contribution in [0.15, 0.2) is 36.5 Å². The fraction of sp³-hybridized carbons (Fsp3) is 0.875. The summed E-state index contributed by atoms with van der Waals surface area (Å²) < 4.78 is 11.1. The number of ether oxygens (including phenoxy) is 2. The third-order valence-electron chi connectivity index (χ3n) is 13.4. The standard InChI is InChI=1S/C56H105NO10/c1-3-5-7-9-11-13-14-15-16-17-18-19-20-21-22-23-24-25-26-27-28-29-30-31-32-33-34-36-38-40-42-44-49(60)55(65)57-47(46-66-56-54(64)53(63)52(62)50(45-58)67-56)51(61)48(59)43-41-39-37-35-12-10-8-6-4-2/h6,8,21-22,35,37,47-54,56,58-64H,3-5,7,9-20,23-34,36,38-46H2,1-2H3,(H,57,65)/b8-6+,22-21-,37-35+. The van der Waals surface area contributed by atoms with Gasteiger partial charge in [-0.3, -0.25) is 4.79 Å². The Balaban J connectivity index is 2.17. The Hall–Kier alpha value is -1.67. The summed E-state index contributed by atoms with van der Waals surface area (Å²) in [6.45, 7) is 3.30. The molecule has 9 unspecified atom stereocenters. The molecule has 1 fully saturated rings. The lowest BCUT2D eigenvalue weighted by Gasteiger charge is -2.40. The molecule has 1 aliphatic heterocycles. The largest absolute Gasteiger partial charge is 0.394 e. The molecule has 0 aromatic rings. The Labute approximate surface area is 409 Å². The molecule has 11 heteroatoms. The van der Waals surface area contributed by atoms with Gasteiger partial charge in [-0.1, -0.05) is 211 Å². The zero-order valence-electron chi connectivity index (χ0n) is 42.9. The van der Waals surface area contributed by atoms with E-state index in [9.17, 15) is 40.5 Å². The van der Waals surface area contributed by atoms with Gasteiger partial charge in [-0.2, -0.15) is 0 Å². The van der Waals surface area contributed by atoms with Gasteiger partial charge in [-0.25, -0.2) is 0 Å². The molecule has 0 saturated carbocycles. The molecule has 0 radical (unpaired) electrons. The summed E-state index contributed by atoms with van der Waals surface area (Å²) in [6, 6.07) is -1.19. The topological polar surface area (TPSA) is 189 Å². The Kier molecular flexibility index (Phi) is 43.0. The Bertz CT molecular complexity index is 1180. The molecule has 0 spiro atoms. The van der Waals surface area contributed by atoms with Crippen molar-refractivity contribution in [2.24, 2.45) is 0 Å². The summed E-state index contributed by atoms with van der Waals surface area (Å²) in [4.78, 5) is 13.1. The van der Waals surface area contributed by atoms with Crippen LogP contribution >= 0.6 is 0 Å². The molecule has 0 aromatic heterocycles. The van der Waals surface area contributed by atoms with Crippen LogP contribution < -0.4 is 5.32 Å². The van der Waals surface area contributed by atoms with E-state index in [-0.39, 0.29) is 12.8 Å². The van der Waals surface area contributed by atoms with E-state index in [0.717, 1.165) is 38.5 Å². The van der Waals surface area contributed by atoms with E-state index in [1.165, 1.54) is 161 Å². The van der Waals surface area contributed by atoms with Gasteiger partial charge in [0, 0.05) is 0 Å². The van der Waals surface area contributed by atoms with Gasteiger partial charge in [0.2, 0.25) is 5.91 Å². The highest BCUT2D eigenvalue weighted by Crippen LogP contribution is 2.23. The van der Waals surface area contributed by atoms with Crippen molar-refractivity contribution < 1.29 is 50.0 Å². The third-order valence-corrected chi connectivity index (χ3v) is 13.4. The van der Waals surface area contributed by atoms with E-state index in [0.29, 0.717) is 19.3 Å². The minimum atomic E-state index is -1.67. The number of aliphatic hydroxyl groups excluding tert-OH is 7. The predicted molar refractivity (Wildman–Crippen MR) is 275 cm³/mol. The Morgan fingerprint density at radius 3 is 1.40 bits per heavy atom. The molecule has 0 aliphatic carbocycles. The zero-order chi connectivity index (χ0) is 49.0. The normalized spacial score (nSPS) is 20.9. The number of hydrogen-bond acceptors (Lipinski definition) is 10. The minimum absolute atomic E-state index is 0.244. The van der Waals surface area contributed by atoms with Gasteiger partial charge in [0.25, 0.3) is 0 Å². The minimum Gasteiger partial charge on any atom is -0.394 e. The van der Waals surface area contributed by atoms with E-state index < -0.39 is 74.2 Å². The molecule has 1 rings (SSSR count). The number of carbonyl (C=O) groups excluding carboxylic acids is 1. The monoisotopic (exact) mass is 952 g/mol.